The van der Waals surface area contributed by atoms with Crippen LogP contribution in [0.4, 0.5) is 5.82 Å². The molecule has 4 heteroatoms. The highest BCUT2D eigenvalue weighted by Crippen LogP contribution is 2.30. The van der Waals surface area contributed by atoms with Gasteiger partial charge in [0.25, 0.3) is 0 Å². The molecule has 3 nitrogen and oxygen atoms in total. The summed E-state index contributed by atoms with van der Waals surface area (Å²) in [5.41, 5.74) is 1.10. The maximum Gasteiger partial charge on any atom is 0.144 e. The second kappa shape index (κ2) is 7.07. The molecule has 0 fully saturated rings. The van der Waals surface area contributed by atoms with E-state index in [1.807, 2.05) is 0 Å². The van der Waals surface area contributed by atoms with Gasteiger partial charge in [0.05, 0.1) is 10.2 Å². The first kappa shape index (κ1) is 15.4. The first-order valence-electron chi connectivity index (χ1n) is 6.82. The van der Waals surface area contributed by atoms with Crippen LogP contribution in [0.25, 0.3) is 0 Å². The SMILES string of the molecule is CCCNc1nc(C(C)CC)nc(C(C)C)c1Br. The number of rotatable bonds is 6. The summed E-state index contributed by atoms with van der Waals surface area (Å²) in [4.78, 5) is 9.37. The van der Waals surface area contributed by atoms with Crippen molar-refractivity contribution in [1.29, 1.82) is 0 Å². The summed E-state index contributed by atoms with van der Waals surface area (Å²) < 4.78 is 1.01. The van der Waals surface area contributed by atoms with Crippen molar-refractivity contribution in [3.63, 3.8) is 0 Å². The molecule has 1 unspecified atom stereocenters. The summed E-state index contributed by atoms with van der Waals surface area (Å²) in [6, 6.07) is 0. The molecule has 0 radical (unpaired) electrons. The van der Waals surface area contributed by atoms with Crippen LogP contribution in [-0.2, 0) is 0 Å². The van der Waals surface area contributed by atoms with Gasteiger partial charge in [0.1, 0.15) is 11.6 Å². The Labute approximate surface area is 119 Å². The number of nitrogens with zero attached hydrogens (tertiary/aromatic N) is 2. The lowest BCUT2D eigenvalue weighted by atomic mass is 10.1. The monoisotopic (exact) mass is 313 g/mol. The molecule has 1 rings (SSSR count). The lowest BCUT2D eigenvalue weighted by molar-refractivity contribution is 0.660. The van der Waals surface area contributed by atoms with Gasteiger partial charge in [0.2, 0.25) is 0 Å². The number of nitrogens with one attached hydrogen (secondary N) is 1. The molecule has 1 atom stereocenters. The average Bonchev–Trinajstić information content (AvgIpc) is 2.36. The third-order valence-electron chi connectivity index (χ3n) is 3.04. The van der Waals surface area contributed by atoms with Gasteiger partial charge in [-0.3, -0.25) is 0 Å². The van der Waals surface area contributed by atoms with E-state index < -0.39 is 0 Å². The van der Waals surface area contributed by atoms with Crippen molar-refractivity contribution in [3.05, 3.63) is 16.0 Å². The molecule has 0 aliphatic rings. The molecule has 102 valence electrons. The third kappa shape index (κ3) is 3.67. The molecular weight excluding hydrogens is 290 g/mol. The van der Waals surface area contributed by atoms with Gasteiger partial charge in [-0.1, -0.05) is 34.6 Å². The zero-order valence-corrected chi connectivity index (χ0v) is 13.6. The van der Waals surface area contributed by atoms with Crippen molar-refractivity contribution in [2.24, 2.45) is 0 Å². The third-order valence-corrected chi connectivity index (χ3v) is 3.82. The number of anilines is 1. The number of halogens is 1. The van der Waals surface area contributed by atoms with Crippen LogP contribution in [0.1, 0.15) is 70.8 Å². The van der Waals surface area contributed by atoms with Crippen LogP contribution in [0.5, 0.6) is 0 Å². The lowest BCUT2D eigenvalue weighted by Crippen LogP contribution is -2.11. The van der Waals surface area contributed by atoms with Crippen LogP contribution in [0.15, 0.2) is 4.47 Å². The van der Waals surface area contributed by atoms with E-state index in [2.05, 4.69) is 60.8 Å². The van der Waals surface area contributed by atoms with Gasteiger partial charge in [0, 0.05) is 12.5 Å². The van der Waals surface area contributed by atoms with Crippen LogP contribution in [0.3, 0.4) is 0 Å². The number of hydrogen-bond donors (Lipinski definition) is 1. The van der Waals surface area contributed by atoms with Gasteiger partial charge in [-0.05, 0) is 34.7 Å². The van der Waals surface area contributed by atoms with E-state index in [9.17, 15) is 0 Å². The Morgan fingerprint density at radius 2 is 1.83 bits per heavy atom. The quantitative estimate of drug-likeness (QED) is 0.827. The zero-order chi connectivity index (χ0) is 13.7. The zero-order valence-electron chi connectivity index (χ0n) is 12.0. The topological polar surface area (TPSA) is 37.8 Å². The summed E-state index contributed by atoms with van der Waals surface area (Å²) in [5, 5.41) is 3.38. The fraction of sp³-hybridized carbons (Fsp3) is 0.714. The molecule has 18 heavy (non-hydrogen) atoms. The maximum absolute atomic E-state index is 4.71. The van der Waals surface area contributed by atoms with Crippen molar-refractivity contribution in [1.82, 2.24) is 9.97 Å². The minimum Gasteiger partial charge on any atom is -0.369 e. The summed E-state index contributed by atoms with van der Waals surface area (Å²) >= 11 is 3.63. The van der Waals surface area contributed by atoms with Crippen molar-refractivity contribution < 1.29 is 0 Å². The fourth-order valence-electron chi connectivity index (χ4n) is 1.63. The van der Waals surface area contributed by atoms with Crippen molar-refractivity contribution in [2.75, 3.05) is 11.9 Å². The summed E-state index contributed by atoms with van der Waals surface area (Å²) in [7, 11) is 0. The molecule has 0 aliphatic carbocycles. The smallest absolute Gasteiger partial charge is 0.144 e. The maximum atomic E-state index is 4.71. The average molecular weight is 314 g/mol. The van der Waals surface area contributed by atoms with E-state index in [0.717, 1.165) is 41.2 Å². The van der Waals surface area contributed by atoms with E-state index >= 15 is 0 Å². The van der Waals surface area contributed by atoms with Gasteiger partial charge in [-0.25, -0.2) is 9.97 Å². The van der Waals surface area contributed by atoms with Crippen LogP contribution in [0.2, 0.25) is 0 Å². The molecule has 1 aromatic heterocycles. The van der Waals surface area contributed by atoms with E-state index in [4.69, 9.17) is 4.98 Å². The minimum atomic E-state index is 0.396. The summed E-state index contributed by atoms with van der Waals surface area (Å²) in [6.45, 7) is 11.8. The molecule has 1 N–H and O–H groups in total. The van der Waals surface area contributed by atoms with E-state index in [-0.39, 0.29) is 0 Å². The highest BCUT2D eigenvalue weighted by Gasteiger charge is 2.17. The summed E-state index contributed by atoms with van der Waals surface area (Å²) in [6.07, 6.45) is 2.15. The Hall–Kier alpha value is -0.640. The molecule has 0 bridgehead atoms. The fourth-order valence-corrected chi connectivity index (χ4v) is 2.40. The van der Waals surface area contributed by atoms with Gasteiger partial charge in [0.15, 0.2) is 0 Å². The number of hydrogen-bond acceptors (Lipinski definition) is 3. The molecule has 0 saturated carbocycles. The van der Waals surface area contributed by atoms with Gasteiger partial charge in [-0.15, -0.1) is 0 Å². The van der Waals surface area contributed by atoms with Crippen LogP contribution < -0.4 is 5.32 Å². The molecule has 0 spiro atoms. The minimum absolute atomic E-state index is 0.396. The second-order valence-electron chi connectivity index (χ2n) is 5.02. The molecule has 0 saturated heterocycles. The Kier molecular flexibility index (Phi) is 6.06. The molecule has 0 aromatic carbocycles. The summed E-state index contributed by atoms with van der Waals surface area (Å²) in [5.74, 6) is 2.68. The van der Waals surface area contributed by atoms with Crippen LogP contribution in [0, 0.1) is 0 Å². The predicted molar refractivity (Wildman–Crippen MR) is 81.3 cm³/mol. The highest BCUT2D eigenvalue weighted by molar-refractivity contribution is 9.10. The van der Waals surface area contributed by atoms with E-state index in [1.54, 1.807) is 0 Å². The largest absolute Gasteiger partial charge is 0.369 e. The van der Waals surface area contributed by atoms with Crippen LogP contribution >= 0.6 is 15.9 Å². The predicted octanol–water partition coefficient (Wildman–Crippen LogP) is 4.70. The highest BCUT2D eigenvalue weighted by atomic mass is 79.9. The van der Waals surface area contributed by atoms with Crippen molar-refractivity contribution in [3.8, 4) is 0 Å². The van der Waals surface area contributed by atoms with Gasteiger partial charge < -0.3 is 5.32 Å². The molecule has 0 aliphatic heterocycles. The molecule has 1 heterocycles. The Morgan fingerprint density at radius 1 is 1.17 bits per heavy atom. The van der Waals surface area contributed by atoms with E-state index in [0.29, 0.717) is 11.8 Å². The number of aromatic nitrogens is 2. The van der Waals surface area contributed by atoms with Crippen molar-refractivity contribution >= 4 is 21.7 Å². The Morgan fingerprint density at radius 3 is 2.33 bits per heavy atom. The Bertz CT molecular complexity index is 391. The lowest BCUT2D eigenvalue weighted by Gasteiger charge is -2.17. The van der Waals surface area contributed by atoms with Crippen molar-refractivity contribution in [2.45, 2.75) is 59.3 Å². The van der Waals surface area contributed by atoms with Gasteiger partial charge in [-0.2, -0.15) is 0 Å². The second-order valence-corrected chi connectivity index (χ2v) is 5.81. The molecular formula is C14H24BrN3. The Balaban J connectivity index is 3.18. The normalized spacial score (nSPS) is 12.8. The molecule has 0 amide bonds. The van der Waals surface area contributed by atoms with Gasteiger partial charge >= 0.3 is 0 Å². The first-order valence-corrected chi connectivity index (χ1v) is 7.61. The molecule has 1 aromatic rings. The first-order chi connectivity index (χ1) is 8.51. The van der Waals surface area contributed by atoms with Crippen LogP contribution in [-0.4, -0.2) is 16.5 Å². The standard InChI is InChI=1S/C14H24BrN3/c1-6-8-16-14-11(15)12(9(3)4)17-13(18-14)10(5)7-2/h9-10H,6-8H2,1-5H3,(H,16,17,18). The van der Waals surface area contributed by atoms with E-state index in [1.165, 1.54) is 0 Å².